The Bertz CT molecular complexity index is 409. The number of hydrogen-bond donors (Lipinski definition) is 1. The van der Waals surface area contributed by atoms with Crippen molar-refractivity contribution in [1.29, 1.82) is 0 Å². The first-order valence-corrected chi connectivity index (χ1v) is 6.51. The minimum Gasteiger partial charge on any atom is -0.355 e. The topological polar surface area (TPSA) is 42.0 Å². The minimum atomic E-state index is -0.125. The van der Waals surface area contributed by atoms with Crippen molar-refractivity contribution in [3.8, 4) is 0 Å². The summed E-state index contributed by atoms with van der Waals surface area (Å²) in [6, 6.07) is 4.11. The van der Waals surface area contributed by atoms with E-state index in [1.807, 2.05) is 12.4 Å². The van der Waals surface area contributed by atoms with Crippen LogP contribution in [0.15, 0.2) is 24.5 Å². The zero-order valence-electron chi connectivity index (χ0n) is 9.98. The molecule has 1 aromatic heterocycles. The van der Waals surface area contributed by atoms with E-state index in [-0.39, 0.29) is 11.3 Å². The summed E-state index contributed by atoms with van der Waals surface area (Å²) in [4.78, 5) is 16.3. The summed E-state index contributed by atoms with van der Waals surface area (Å²) in [6.07, 6.45) is 9.41. The maximum absolute atomic E-state index is 12.2. The second-order valence-electron chi connectivity index (χ2n) is 5.26. The van der Waals surface area contributed by atoms with Gasteiger partial charge in [0.2, 0.25) is 5.91 Å². The van der Waals surface area contributed by atoms with Crippen LogP contribution in [-0.4, -0.2) is 17.4 Å². The Kier molecular flexibility index (Phi) is 2.61. The van der Waals surface area contributed by atoms with Gasteiger partial charge < -0.3 is 5.32 Å². The van der Waals surface area contributed by atoms with E-state index in [2.05, 4.69) is 22.4 Å². The third-order valence-electron chi connectivity index (χ3n) is 4.44. The van der Waals surface area contributed by atoms with Crippen LogP contribution in [0.1, 0.15) is 43.6 Å². The van der Waals surface area contributed by atoms with Gasteiger partial charge in [0.25, 0.3) is 0 Å². The Balaban J connectivity index is 1.96. The average Bonchev–Trinajstić information content (AvgIpc) is 2.69. The van der Waals surface area contributed by atoms with E-state index in [1.54, 1.807) is 0 Å². The fourth-order valence-corrected chi connectivity index (χ4v) is 3.52. The highest BCUT2D eigenvalue weighted by atomic mass is 16.2. The van der Waals surface area contributed by atoms with Gasteiger partial charge in [-0.3, -0.25) is 9.78 Å². The second-order valence-corrected chi connectivity index (χ2v) is 5.26. The molecule has 3 rings (SSSR count). The molecule has 2 aliphatic rings. The van der Waals surface area contributed by atoms with Gasteiger partial charge in [-0.15, -0.1) is 0 Å². The highest BCUT2D eigenvalue weighted by Gasteiger charge is 2.50. The Morgan fingerprint density at radius 3 is 2.59 bits per heavy atom. The first-order valence-electron chi connectivity index (χ1n) is 6.51. The quantitative estimate of drug-likeness (QED) is 0.804. The number of amides is 1. The summed E-state index contributed by atoms with van der Waals surface area (Å²) in [5.41, 5.74) is 1.14. The van der Waals surface area contributed by atoms with Crippen molar-refractivity contribution in [2.24, 2.45) is 5.41 Å². The van der Waals surface area contributed by atoms with Gasteiger partial charge in [0.1, 0.15) is 0 Å². The number of carbonyl (C=O) groups is 1. The van der Waals surface area contributed by atoms with E-state index in [1.165, 1.54) is 24.8 Å². The van der Waals surface area contributed by atoms with Crippen LogP contribution in [0.4, 0.5) is 0 Å². The van der Waals surface area contributed by atoms with E-state index in [0.29, 0.717) is 5.92 Å². The molecule has 1 aliphatic heterocycles. The molecular formula is C14H18N2O. The van der Waals surface area contributed by atoms with Crippen LogP contribution in [-0.2, 0) is 4.79 Å². The van der Waals surface area contributed by atoms with E-state index in [0.717, 1.165) is 19.4 Å². The minimum absolute atomic E-state index is 0.125. The highest BCUT2D eigenvalue weighted by molar-refractivity contribution is 5.86. The van der Waals surface area contributed by atoms with Gasteiger partial charge in [0.05, 0.1) is 5.41 Å². The molecule has 90 valence electrons. The van der Waals surface area contributed by atoms with Gasteiger partial charge in [-0.1, -0.05) is 19.3 Å². The van der Waals surface area contributed by atoms with E-state index < -0.39 is 0 Å². The molecule has 3 nitrogen and oxygen atoms in total. The van der Waals surface area contributed by atoms with Gasteiger partial charge in [-0.2, -0.15) is 0 Å². The first kappa shape index (κ1) is 10.8. The zero-order valence-corrected chi connectivity index (χ0v) is 9.98. The summed E-state index contributed by atoms with van der Waals surface area (Å²) >= 11 is 0. The molecule has 17 heavy (non-hydrogen) atoms. The summed E-state index contributed by atoms with van der Waals surface area (Å²) in [7, 11) is 0. The molecule has 1 aliphatic carbocycles. The van der Waals surface area contributed by atoms with Crippen LogP contribution in [0.5, 0.6) is 0 Å². The van der Waals surface area contributed by atoms with E-state index in [9.17, 15) is 4.79 Å². The normalized spacial score (nSPS) is 27.1. The molecule has 0 bridgehead atoms. The van der Waals surface area contributed by atoms with Crippen LogP contribution >= 0.6 is 0 Å². The van der Waals surface area contributed by atoms with Crippen LogP contribution in [0, 0.1) is 5.41 Å². The Morgan fingerprint density at radius 1 is 1.18 bits per heavy atom. The smallest absolute Gasteiger partial charge is 0.226 e. The third kappa shape index (κ3) is 1.65. The molecule has 1 amide bonds. The van der Waals surface area contributed by atoms with Gasteiger partial charge in [0, 0.05) is 24.9 Å². The van der Waals surface area contributed by atoms with E-state index in [4.69, 9.17) is 0 Å². The lowest BCUT2D eigenvalue weighted by Gasteiger charge is -2.36. The second kappa shape index (κ2) is 4.13. The summed E-state index contributed by atoms with van der Waals surface area (Å²) in [5.74, 6) is 0.623. The number of nitrogens with zero attached hydrogens (tertiary/aromatic N) is 1. The fourth-order valence-electron chi connectivity index (χ4n) is 3.52. The van der Waals surface area contributed by atoms with Crippen molar-refractivity contribution in [1.82, 2.24) is 10.3 Å². The van der Waals surface area contributed by atoms with Gasteiger partial charge in [-0.05, 0) is 30.5 Å². The Labute approximate surface area is 102 Å². The Morgan fingerprint density at radius 2 is 1.88 bits per heavy atom. The van der Waals surface area contributed by atoms with Crippen molar-refractivity contribution in [2.75, 3.05) is 6.54 Å². The molecule has 1 saturated carbocycles. The lowest BCUT2D eigenvalue weighted by molar-refractivity contribution is -0.129. The number of hydrogen-bond acceptors (Lipinski definition) is 2. The Hall–Kier alpha value is -1.38. The molecule has 0 radical (unpaired) electrons. The molecule has 1 spiro atoms. The SMILES string of the molecule is O=C1NCC(c2ccncc2)C12CCCCC2. The van der Waals surface area contributed by atoms with E-state index >= 15 is 0 Å². The third-order valence-corrected chi connectivity index (χ3v) is 4.44. The molecule has 1 saturated heterocycles. The van der Waals surface area contributed by atoms with Crippen molar-refractivity contribution in [3.05, 3.63) is 30.1 Å². The van der Waals surface area contributed by atoms with Crippen LogP contribution in [0.2, 0.25) is 0 Å². The maximum atomic E-state index is 12.2. The predicted molar refractivity (Wildman–Crippen MR) is 65.5 cm³/mol. The fraction of sp³-hybridized carbons (Fsp3) is 0.571. The predicted octanol–water partition coefficient (Wildman–Crippen LogP) is 2.25. The number of aromatic nitrogens is 1. The van der Waals surface area contributed by atoms with Crippen LogP contribution in [0.3, 0.4) is 0 Å². The highest BCUT2D eigenvalue weighted by Crippen LogP contribution is 2.49. The lowest BCUT2D eigenvalue weighted by atomic mass is 9.65. The van der Waals surface area contributed by atoms with Gasteiger partial charge >= 0.3 is 0 Å². The van der Waals surface area contributed by atoms with Gasteiger partial charge in [0.15, 0.2) is 0 Å². The molecule has 1 N–H and O–H groups in total. The monoisotopic (exact) mass is 230 g/mol. The summed E-state index contributed by atoms with van der Waals surface area (Å²) < 4.78 is 0. The molecule has 1 unspecified atom stereocenters. The zero-order chi connectivity index (χ0) is 11.7. The molecule has 2 heterocycles. The van der Waals surface area contributed by atoms with Crippen molar-refractivity contribution in [2.45, 2.75) is 38.0 Å². The first-order chi connectivity index (χ1) is 8.33. The summed E-state index contributed by atoms with van der Waals surface area (Å²) in [5, 5.41) is 3.07. The van der Waals surface area contributed by atoms with Crippen molar-refractivity contribution in [3.63, 3.8) is 0 Å². The maximum Gasteiger partial charge on any atom is 0.226 e. The number of pyridine rings is 1. The molecule has 1 aromatic rings. The lowest BCUT2D eigenvalue weighted by Crippen LogP contribution is -2.36. The van der Waals surface area contributed by atoms with Gasteiger partial charge in [-0.25, -0.2) is 0 Å². The van der Waals surface area contributed by atoms with Crippen molar-refractivity contribution >= 4 is 5.91 Å². The molecule has 3 heteroatoms. The molecule has 0 aromatic carbocycles. The van der Waals surface area contributed by atoms with Crippen molar-refractivity contribution < 1.29 is 4.79 Å². The number of nitrogens with one attached hydrogen (secondary N) is 1. The molecule has 2 fully saturated rings. The standard InChI is InChI=1S/C14H18N2O/c17-13-14(6-2-1-3-7-14)12(10-16-13)11-4-8-15-9-5-11/h4-5,8-9,12H,1-3,6-7,10H2,(H,16,17). The van der Waals surface area contributed by atoms with Crippen LogP contribution in [0.25, 0.3) is 0 Å². The molecule has 1 atom stereocenters. The molecular weight excluding hydrogens is 212 g/mol. The van der Waals surface area contributed by atoms with Crippen LogP contribution < -0.4 is 5.32 Å². The average molecular weight is 230 g/mol. The summed E-state index contributed by atoms with van der Waals surface area (Å²) in [6.45, 7) is 0.794. The number of rotatable bonds is 1. The largest absolute Gasteiger partial charge is 0.355 e. The number of carbonyl (C=O) groups excluding carboxylic acids is 1.